The second-order valence-electron chi connectivity index (χ2n) is 25.8. The number of esters is 3. The smallest absolute Gasteiger partial charge is 0.490 e. The number of likely N-dealkylation sites (tertiary alicyclic amines) is 3. The van der Waals surface area contributed by atoms with Gasteiger partial charge in [-0.25, -0.2) is 19.2 Å². The second-order valence-corrected chi connectivity index (χ2v) is 28.0. The number of aliphatic carboxylic acids is 2. The van der Waals surface area contributed by atoms with E-state index < -0.39 is 114 Å². The SMILES string of the molecule is CC(=O)O[C@H]1CO[C@H]2[C@@H]1N(C(=O)OC(C)(C)C)C[C@@H]2Cl.CC(=O)O[C@H]1CO[C@H]2[C@@H]1N(C(=O)OC(C)(C)C)C[C@H]2Cl.CC(=O)O[C@H]1CO[C@H]2[C@@H]1N(C(=O)OC(C)(C)C)C[C@H]2O.O=C(O)C(F)(F)F.O=C([O-])C(F)(F)F.O[C@H]1CO[C@H]2[C@@H]1[NH2+]C[C@@H]2Cl.O[C@H]1CO[C@H]2[C@@H]1[NH2+]C[C@H]2Cl. The summed E-state index contributed by atoms with van der Waals surface area (Å²) in [5.41, 5.74) is -1.81. The van der Waals surface area contributed by atoms with Crippen LogP contribution in [0.2, 0.25) is 0 Å². The second kappa shape index (κ2) is 33.8. The van der Waals surface area contributed by atoms with Gasteiger partial charge in [0.05, 0.1) is 75.6 Å². The molecule has 10 heterocycles. The molecule has 0 aromatic heterocycles. The van der Waals surface area contributed by atoms with E-state index in [1.807, 2.05) is 0 Å². The predicted octanol–water partition coefficient (Wildman–Crippen LogP) is -0.0856. The van der Waals surface area contributed by atoms with Crippen LogP contribution in [0.4, 0.5) is 40.7 Å². The zero-order valence-electron chi connectivity index (χ0n) is 53.3. The number of nitrogens with zero attached hydrogens (tertiary/aromatic N) is 3. The van der Waals surface area contributed by atoms with Gasteiger partial charge >= 0.3 is 54.5 Å². The molecule has 10 fully saturated rings. The minimum atomic E-state index is -5.19. The minimum Gasteiger partial charge on any atom is -0.542 e. The highest BCUT2D eigenvalue weighted by atomic mass is 35.5. The van der Waals surface area contributed by atoms with Crippen molar-refractivity contribution >= 4 is 94.5 Å². The van der Waals surface area contributed by atoms with E-state index in [0.29, 0.717) is 26.3 Å². The molecule has 0 radical (unpaired) electrons. The number of β-amino-alcohol motifs (C(OH)–C–C–N with tert-alkyl or cyclic N) is 1. The van der Waals surface area contributed by atoms with E-state index in [1.165, 1.54) is 35.5 Å². The number of carboxylic acids is 2. The zero-order valence-corrected chi connectivity index (χ0v) is 56.4. The van der Waals surface area contributed by atoms with Crippen LogP contribution in [-0.2, 0) is 76.1 Å². The molecular weight excluding hydrogens is 1370 g/mol. The van der Waals surface area contributed by atoms with E-state index in [0.717, 1.165) is 13.1 Å². The first-order valence-corrected chi connectivity index (χ1v) is 31.2. The topological polar surface area (TPSA) is 385 Å². The van der Waals surface area contributed by atoms with Crippen molar-refractivity contribution in [2.24, 2.45) is 0 Å². The molecule has 542 valence electrons. The molecule has 0 aromatic carbocycles. The third-order valence-electron chi connectivity index (χ3n) is 14.7. The molecule has 94 heavy (non-hydrogen) atoms. The number of halogens is 10. The van der Waals surface area contributed by atoms with Gasteiger partial charge in [-0.3, -0.25) is 29.1 Å². The molecule has 20 atom stereocenters. The predicted molar refractivity (Wildman–Crippen MR) is 308 cm³/mol. The summed E-state index contributed by atoms with van der Waals surface area (Å²) in [7, 11) is 0. The molecule has 3 amide bonds. The Morgan fingerprint density at radius 1 is 0.447 bits per heavy atom. The van der Waals surface area contributed by atoms with Gasteiger partial charge in [0.1, 0.15) is 119 Å². The fourth-order valence-electron chi connectivity index (χ4n) is 11.1. The summed E-state index contributed by atoms with van der Waals surface area (Å²) < 4.78 is 122. The van der Waals surface area contributed by atoms with E-state index in [2.05, 4.69) is 10.6 Å². The van der Waals surface area contributed by atoms with Crippen molar-refractivity contribution in [3.8, 4) is 0 Å². The van der Waals surface area contributed by atoms with Crippen LogP contribution in [0.3, 0.4) is 0 Å². The van der Waals surface area contributed by atoms with Crippen LogP contribution in [0.15, 0.2) is 0 Å². The average molecular weight is 1460 g/mol. The summed E-state index contributed by atoms with van der Waals surface area (Å²) in [6.45, 7) is 24.1. The normalized spacial score (nSPS) is 34.1. The molecule has 10 saturated heterocycles. The average Bonchev–Trinajstić information content (AvgIpc) is 1.63. The highest BCUT2D eigenvalue weighted by molar-refractivity contribution is 6.22. The number of amides is 3. The van der Waals surface area contributed by atoms with Crippen LogP contribution in [0.1, 0.15) is 83.1 Å². The molecule has 0 bridgehead atoms. The molecule has 0 aliphatic carbocycles. The van der Waals surface area contributed by atoms with Crippen molar-refractivity contribution in [2.75, 3.05) is 65.8 Å². The van der Waals surface area contributed by atoms with Gasteiger partial charge in [-0.15, -0.1) is 46.4 Å². The van der Waals surface area contributed by atoms with Crippen molar-refractivity contribution in [1.82, 2.24) is 14.7 Å². The number of ether oxygens (including phenoxy) is 11. The largest absolute Gasteiger partial charge is 0.542 e. The lowest BCUT2D eigenvalue weighted by atomic mass is 10.1. The number of alkyl halides is 10. The molecule has 0 saturated carbocycles. The number of hydrogen-bond donors (Lipinski definition) is 6. The maximum absolute atomic E-state index is 12.2. The van der Waals surface area contributed by atoms with E-state index >= 15 is 0 Å². The van der Waals surface area contributed by atoms with Gasteiger partial charge < -0.3 is 93.1 Å². The van der Waals surface area contributed by atoms with E-state index in [1.54, 1.807) is 62.3 Å². The van der Waals surface area contributed by atoms with Crippen LogP contribution >= 0.6 is 46.4 Å². The summed E-state index contributed by atoms with van der Waals surface area (Å²) >= 11 is 24.2. The number of carbonyl (C=O) groups excluding carboxylic acids is 7. The maximum atomic E-state index is 12.2. The van der Waals surface area contributed by atoms with E-state index in [9.17, 15) is 70.4 Å². The quantitative estimate of drug-likeness (QED) is 0.0931. The Kier molecular flexibility index (Phi) is 29.5. The number of nitrogens with two attached hydrogens (primary N) is 2. The van der Waals surface area contributed by atoms with Crippen molar-refractivity contribution in [2.45, 2.75) is 231 Å². The summed E-state index contributed by atoms with van der Waals surface area (Å²) in [5, 5.41) is 48.1. The molecular formula is C55H84Cl4F6N5O24+. The Balaban J connectivity index is 0.000000243. The van der Waals surface area contributed by atoms with Gasteiger partial charge in [-0.05, 0) is 62.3 Å². The fourth-order valence-corrected chi connectivity index (χ4v) is 12.6. The van der Waals surface area contributed by atoms with E-state index in [-0.39, 0.29) is 109 Å². The first kappa shape index (κ1) is 81.9. The lowest BCUT2D eigenvalue weighted by Crippen LogP contribution is -2.89. The Labute approximate surface area is 557 Å². The van der Waals surface area contributed by atoms with Crippen LogP contribution in [0, 0.1) is 0 Å². The fraction of sp³-hybridized carbons (Fsp3) is 0.855. The number of aliphatic hydroxyl groups excluding tert-OH is 3. The number of carboxylic acid groups (broad SMARTS) is 2. The summed E-state index contributed by atoms with van der Waals surface area (Å²) in [5.74, 6) is -7.01. The van der Waals surface area contributed by atoms with Crippen molar-refractivity contribution in [3.05, 3.63) is 0 Å². The summed E-state index contributed by atoms with van der Waals surface area (Å²) in [6, 6.07) is -0.860. The molecule has 0 unspecified atom stereocenters. The summed E-state index contributed by atoms with van der Waals surface area (Å²) in [6.07, 6.45) is -15.7. The van der Waals surface area contributed by atoms with Gasteiger partial charge in [0.2, 0.25) is 0 Å². The zero-order chi connectivity index (χ0) is 71.7. The molecule has 0 spiro atoms. The van der Waals surface area contributed by atoms with E-state index in [4.69, 9.17) is 118 Å². The van der Waals surface area contributed by atoms with Gasteiger partial charge in [0, 0.05) is 33.9 Å². The lowest BCUT2D eigenvalue weighted by Gasteiger charge is -2.29. The monoisotopic (exact) mass is 1450 g/mol. The number of carbonyl (C=O) groups is 8. The molecule has 10 aliphatic heterocycles. The Bertz CT molecular complexity index is 2320. The van der Waals surface area contributed by atoms with Crippen molar-refractivity contribution in [1.29, 1.82) is 0 Å². The first-order chi connectivity index (χ1) is 43.0. The Hall–Kier alpha value is -4.50. The van der Waals surface area contributed by atoms with Crippen LogP contribution < -0.4 is 15.7 Å². The third-order valence-corrected chi connectivity index (χ3v) is 16.3. The minimum absolute atomic E-state index is 0.0802. The molecule has 10 rings (SSSR count). The van der Waals surface area contributed by atoms with Crippen LogP contribution in [0.25, 0.3) is 0 Å². The highest BCUT2D eigenvalue weighted by Crippen LogP contribution is 2.38. The molecule has 10 aliphatic rings. The highest BCUT2D eigenvalue weighted by Gasteiger charge is 2.58. The number of quaternary nitrogens is 2. The van der Waals surface area contributed by atoms with Crippen LogP contribution in [-0.4, -0.2) is 297 Å². The van der Waals surface area contributed by atoms with Crippen LogP contribution in [0.5, 0.6) is 0 Å². The van der Waals surface area contributed by atoms with Crippen molar-refractivity contribution < 1.29 is 153 Å². The van der Waals surface area contributed by atoms with Gasteiger partial charge in [0.15, 0.2) is 0 Å². The van der Waals surface area contributed by atoms with Gasteiger partial charge in [-0.1, -0.05) is 0 Å². The van der Waals surface area contributed by atoms with Gasteiger partial charge in [-0.2, -0.15) is 26.3 Å². The van der Waals surface area contributed by atoms with Gasteiger partial charge in [0.25, 0.3) is 0 Å². The standard InChI is InChI=1S/2C13H20ClNO5.C13H21NO6.2C6H10ClNO2.2C2HF3O2/c2*1-7(16)19-9-6-18-11-8(14)5-15(10(9)11)12(17)20-13(2,3)4;1-7(15)19-9-6-18-11-8(16)5-14(10(9)11)12(17)20-13(2,3)4;2*7-3-1-8-5-4(9)2-10-6(3)5;2*3-2(4,5)1(6)7/h2*8-11H,5-6H2,1-4H3;8-11,16H,5-6H2,1-4H3;2*3-6,8-9H,1-2H2;2*(H,6,7)/p+1/t8-,9+,10-,11-;8-,9-,10+,11+;8-,9+,10-,11-;3-,4+,5-,6-;3-,4-,5+,6+;;/m10110../s1. The maximum Gasteiger partial charge on any atom is 0.490 e. The Morgan fingerprint density at radius 2 is 0.713 bits per heavy atom. The molecule has 29 nitrogen and oxygen atoms in total. The van der Waals surface area contributed by atoms with Crippen molar-refractivity contribution in [3.63, 3.8) is 0 Å². The molecule has 8 N–H and O–H groups in total. The number of hydrogen-bond acceptors (Lipinski definition) is 23. The first-order valence-electron chi connectivity index (χ1n) is 29.5. The number of aliphatic hydroxyl groups is 3. The third kappa shape index (κ3) is 23.9. The Morgan fingerprint density at radius 3 is 0.968 bits per heavy atom. The molecule has 39 heteroatoms. The molecule has 0 aromatic rings. The number of rotatable bonds is 3. The summed E-state index contributed by atoms with van der Waals surface area (Å²) in [4.78, 5) is 92.1. The number of fused-ring (bicyclic) bond motifs is 5. The lowest BCUT2D eigenvalue weighted by molar-refractivity contribution is -0.676.